The molecule has 0 aromatic heterocycles. The lowest BCUT2D eigenvalue weighted by Gasteiger charge is -2.37. The highest BCUT2D eigenvalue weighted by Crippen LogP contribution is 2.15. The zero-order valence-corrected chi connectivity index (χ0v) is 26.6. The maximum atomic E-state index is 12.4. The van der Waals surface area contributed by atoms with E-state index in [9.17, 15) is 39.6 Å². The summed E-state index contributed by atoms with van der Waals surface area (Å²) in [5, 5.41) is 43.0. The van der Waals surface area contributed by atoms with Gasteiger partial charge in [-0.05, 0) is 24.5 Å². The van der Waals surface area contributed by atoms with Crippen LogP contribution >= 0.6 is 0 Å². The van der Waals surface area contributed by atoms with E-state index in [4.69, 9.17) is 9.47 Å². The van der Waals surface area contributed by atoms with Crippen LogP contribution in [0.25, 0.3) is 0 Å². The molecule has 1 fully saturated rings. The fourth-order valence-corrected chi connectivity index (χ4v) is 5.41. The van der Waals surface area contributed by atoms with Crippen molar-refractivity contribution in [2.24, 2.45) is 5.92 Å². The second-order valence-corrected chi connectivity index (χ2v) is 11.6. The van der Waals surface area contributed by atoms with Crippen molar-refractivity contribution in [1.82, 2.24) is 20.0 Å². The Morgan fingerprint density at radius 3 is 1.83 bits per heavy atom. The van der Waals surface area contributed by atoms with E-state index in [1.807, 2.05) is 60.7 Å². The fourth-order valence-electron chi connectivity index (χ4n) is 5.41. The van der Waals surface area contributed by atoms with E-state index in [1.165, 1.54) is 6.92 Å². The monoisotopic (exact) mass is 658 g/mol. The van der Waals surface area contributed by atoms with Gasteiger partial charge in [-0.15, -0.1) is 0 Å². The van der Waals surface area contributed by atoms with Crippen molar-refractivity contribution < 1.29 is 49.1 Å². The van der Waals surface area contributed by atoms with E-state index in [1.54, 1.807) is 14.7 Å². The molecule has 14 nitrogen and oxygen atoms in total. The first-order valence-electron chi connectivity index (χ1n) is 15.6. The van der Waals surface area contributed by atoms with Gasteiger partial charge < -0.3 is 35.2 Å². The van der Waals surface area contributed by atoms with E-state index in [-0.39, 0.29) is 78.8 Å². The molecule has 0 spiro atoms. The number of carboxylic acid groups (broad SMARTS) is 4. The van der Waals surface area contributed by atoms with Gasteiger partial charge in [-0.25, -0.2) is 0 Å². The first kappa shape index (κ1) is 37.5. The van der Waals surface area contributed by atoms with Gasteiger partial charge in [0.25, 0.3) is 0 Å². The highest BCUT2D eigenvalue weighted by molar-refractivity contribution is 5.74. The summed E-state index contributed by atoms with van der Waals surface area (Å²) < 4.78 is 11.6. The second-order valence-electron chi connectivity index (χ2n) is 11.6. The molecule has 4 unspecified atom stereocenters. The zero-order valence-electron chi connectivity index (χ0n) is 26.6. The van der Waals surface area contributed by atoms with Crippen molar-refractivity contribution in [3.63, 3.8) is 0 Å². The number of aliphatic carboxylic acids is 4. The van der Waals surface area contributed by atoms with Crippen molar-refractivity contribution in [3.05, 3.63) is 71.8 Å². The minimum Gasteiger partial charge on any atom is -0.481 e. The Bertz CT molecular complexity index is 1190. The second kappa shape index (κ2) is 19.7. The molecule has 1 saturated heterocycles. The van der Waals surface area contributed by atoms with Crippen molar-refractivity contribution >= 4 is 23.9 Å². The van der Waals surface area contributed by atoms with Gasteiger partial charge >= 0.3 is 23.9 Å². The number of nitrogens with one attached hydrogen (secondary N) is 1. The molecular weight excluding hydrogens is 612 g/mol. The fraction of sp³-hybridized carbons (Fsp3) is 0.515. The summed E-state index contributed by atoms with van der Waals surface area (Å²) in [5.41, 5.74) is 1.76. The summed E-state index contributed by atoms with van der Waals surface area (Å²) in [5.74, 6) is -5.39. The first-order chi connectivity index (χ1) is 22.5. The molecule has 4 atom stereocenters. The molecule has 0 radical (unpaired) electrons. The molecule has 5 N–H and O–H groups in total. The summed E-state index contributed by atoms with van der Waals surface area (Å²) >= 11 is 0. The minimum absolute atomic E-state index is 0.00435. The third-order valence-electron chi connectivity index (χ3n) is 8.28. The largest absolute Gasteiger partial charge is 0.481 e. The molecule has 1 aliphatic heterocycles. The van der Waals surface area contributed by atoms with Gasteiger partial charge in [-0.1, -0.05) is 60.7 Å². The van der Waals surface area contributed by atoms with Gasteiger partial charge in [-0.2, -0.15) is 0 Å². The van der Waals surface area contributed by atoms with Crippen molar-refractivity contribution in [2.45, 2.75) is 44.7 Å². The lowest BCUT2D eigenvalue weighted by Crippen LogP contribution is -2.56. The first-order valence-corrected chi connectivity index (χ1v) is 15.6. The van der Waals surface area contributed by atoms with Crippen LogP contribution < -0.4 is 5.32 Å². The predicted octanol–water partition coefficient (Wildman–Crippen LogP) is 1.36. The van der Waals surface area contributed by atoms with E-state index in [2.05, 4.69) is 5.32 Å². The number of carbonyl (C=O) groups is 4. The van der Waals surface area contributed by atoms with Crippen molar-refractivity contribution in [3.8, 4) is 0 Å². The van der Waals surface area contributed by atoms with Gasteiger partial charge in [0.15, 0.2) is 0 Å². The van der Waals surface area contributed by atoms with Crippen LogP contribution in [0.3, 0.4) is 0 Å². The lowest BCUT2D eigenvalue weighted by atomic mass is 9.97. The van der Waals surface area contributed by atoms with E-state index < -0.39 is 47.9 Å². The zero-order chi connectivity index (χ0) is 34.2. The Morgan fingerprint density at radius 1 is 0.745 bits per heavy atom. The summed E-state index contributed by atoms with van der Waals surface area (Å²) in [7, 11) is 0. The number of nitrogens with zero attached hydrogens (tertiary/aromatic N) is 3. The standard InChI is InChI=1S/C33H46N4O10/c1-24(31(40)41)37-17-16-36(29(33(44)45)22-47-20-26-10-6-3-7-11-26)15-14-35(18-30(38)39)13-12-28(34-23-37)27(32(42)43)21-46-19-25-8-4-2-5-9-25/h2-11,24,27-29,34H,12-23H2,1H3,(H,38,39)(H,40,41)(H,42,43)(H,44,45). The molecule has 0 amide bonds. The summed E-state index contributed by atoms with van der Waals surface area (Å²) in [6.45, 7) is 2.15. The smallest absolute Gasteiger partial charge is 0.323 e. The third kappa shape index (κ3) is 13.0. The van der Waals surface area contributed by atoms with Crippen LogP contribution in [0.5, 0.6) is 0 Å². The predicted molar refractivity (Wildman–Crippen MR) is 171 cm³/mol. The summed E-state index contributed by atoms with van der Waals surface area (Å²) in [4.78, 5) is 53.6. The van der Waals surface area contributed by atoms with E-state index in [0.29, 0.717) is 0 Å². The van der Waals surface area contributed by atoms with Crippen LogP contribution in [-0.4, -0.2) is 136 Å². The van der Waals surface area contributed by atoms with Gasteiger partial charge in [0.1, 0.15) is 12.1 Å². The highest BCUT2D eigenvalue weighted by atomic mass is 16.5. The molecule has 1 heterocycles. The highest BCUT2D eigenvalue weighted by Gasteiger charge is 2.33. The minimum atomic E-state index is -1.12. The maximum absolute atomic E-state index is 12.4. The molecule has 258 valence electrons. The molecule has 0 bridgehead atoms. The molecule has 14 heteroatoms. The summed E-state index contributed by atoms with van der Waals surface area (Å²) in [6, 6.07) is 15.9. The number of hydrogen-bond donors (Lipinski definition) is 5. The van der Waals surface area contributed by atoms with Gasteiger partial charge in [0.05, 0.1) is 38.9 Å². The lowest BCUT2D eigenvalue weighted by molar-refractivity contribution is -0.148. The molecule has 1 aliphatic rings. The normalized spacial score (nSPS) is 19.5. The maximum Gasteiger partial charge on any atom is 0.323 e. The SMILES string of the molecule is CC(C(=O)O)N1CCN(C(COCc2ccccc2)C(=O)O)CCN(CC(=O)O)CCC(C(COCc2ccccc2)C(=O)O)NC1. The molecule has 0 saturated carbocycles. The van der Waals surface area contributed by atoms with Crippen LogP contribution in [-0.2, 0) is 41.9 Å². The van der Waals surface area contributed by atoms with Crippen LogP contribution in [0.4, 0.5) is 0 Å². The molecular formula is C33H46N4O10. The van der Waals surface area contributed by atoms with E-state index >= 15 is 0 Å². The molecule has 0 aliphatic carbocycles. The Labute approximate surface area is 274 Å². The Morgan fingerprint density at radius 2 is 1.30 bits per heavy atom. The average molecular weight is 659 g/mol. The quantitative estimate of drug-likeness (QED) is 0.174. The van der Waals surface area contributed by atoms with E-state index in [0.717, 1.165) is 11.1 Å². The van der Waals surface area contributed by atoms with Crippen LogP contribution in [0, 0.1) is 5.92 Å². The summed E-state index contributed by atoms with van der Waals surface area (Å²) in [6.07, 6.45) is 0.219. The van der Waals surface area contributed by atoms with Gasteiger partial charge in [-0.3, -0.25) is 33.9 Å². The third-order valence-corrected chi connectivity index (χ3v) is 8.28. The topological polar surface area (TPSA) is 189 Å². The van der Waals surface area contributed by atoms with Crippen LogP contribution in [0.2, 0.25) is 0 Å². The van der Waals surface area contributed by atoms with Crippen molar-refractivity contribution in [1.29, 1.82) is 0 Å². The van der Waals surface area contributed by atoms with Crippen LogP contribution in [0.1, 0.15) is 24.5 Å². The molecule has 47 heavy (non-hydrogen) atoms. The van der Waals surface area contributed by atoms with Crippen LogP contribution in [0.15, 0.2) is 60.7 Å². The molecule has 2 aromatic rings. The van der Waals surface area contributed by atoms with Crippen molar-refractivity contribution in [2.75, 3.05) is 59.2 Å². The Hall–Kier alpha value is -3.92. The molecule has 2 aromatic carbocycles. The number of benzene rings is 2. The number of ether oxygens (including phenoxy) is 2. The number of rotatable bonds is 16. The number of hydrogen-bond acceptors (Lipinski definition) is 10. The Balaban J connectivity index is 1.80. The molecule has 3 rings (SSSR count). The van der Waals surface area contributed by atoms with Gasteiger partial charge in [0.2, 0.25) is 0 Å². The van der Waals surface area contributed by atoms with Gasteiger partial charge in [0, 0.05) is 45.4 Å². The number of carboxylic acids is 4. The average Bonchev–Trinajstić information content (AvgIpc) is 3.03. The Kier molecular flexibility index (Phi) is 15.7.